The van der Waals surface area contributed by atoms with Crippen LogP contribution in [0.2, 0.25) is 5.15 Å². The summed E-state index contributed by atoms with van der Waals surface area (Å²) in [5, 5.41) is 36.5. The number of piperazine rings is 1. The molecule has 1 aliphatic rings. The van der Waals surface area contributed by atoms with E-state index < -0.39 is 5.97 Å². The van der Waals surface area contributed by atoms with Gasteiger partial charge < -0.3 is 20.2 Å². The molecule has 40 heavy (non-hydrogen) atoms. The van der Waals surface area contributed by atoms with Gasteiger partial charge in [-0.3, -0.25) is 4.68 Å². The van der Waals surface area contributed by atoms with Gasteiger partial charge in [0.15, 0.2) is 22.9 Å². The average Bonchev–Trinajstić information content (AvgIpc) is 3.33. The first-order valence-corrected chi connectivity index (χ1v) is 12.9. The van der Waals surface area contributed by atoms with Crippen LogP contribution in [0.4, 0.5) is 17.2 Å². The summed E-state index contributed by atoms with van der Waals surface area (Å²) in [5.74, 6) is -0.711. The predicted octanol–water partition coefficient (Wildman–Crippen LogP) is 3.66. The van der Waals surface area contributed by atoms with Gasteiger partial charge in [0.2, 0.25) is 0 Å². The summed E-state index contributed by atoms with van der Waals surface area (Å²) < 4.78 is 1.63. The molecule has 202 valence electrons. The van der Waals surface area contributed by atoms with Crippen LogP contribution in [0.1, 0.15) is 46.0 Å². The molecule has 13 heteroatoms. The van der Waals surface area contributed by atoms with Crippen molar-refractivity contribution in [1.29, 1.82) is 10.5 Å². The Bertz CT molecular complexity index is 1710. The van der Waals surface area contributed by atoms with Crippen LogP contribution in [0.5, 0.6) is 0 Å². The zero-order chi connectivity index (χ0) is 28.6. The number of pyridine rings is 1. The lowest BCUT2D eigenvalue weighted by molar-refractivity contribution is 0.0691. The molecule has 1 saturated heterocycles. The number of nitrogens with zero attached hydrogens (tertiary/aromatic N) is 9. The van der Waals surface area contributed by atoms with Gasteiger partial charge in [0.25, 0.3) is 0 Å². The second-order valence-electron chi connectivity index (χ2n) is 9.55. The largest absolute Gasteiger partial charge is 0.476 e. The highest BCUT2D eigenvalue weighted by Crippen LogP contribution is 2.31. The highest BCUT2D eigenvalue weighted by atomic mass is 35.5. The Hall–Kier alpha value is -4.94. The van der Waals surface area contributed by atoms with E-state index in [0.29, 0.717) is 54.4 Å². The number of nitrogens with one attached hydrogen (secondary N) is 1. The maximum atomic E-state index is 11.8. The van der Waals surface area contributed by atoms with Crippen molar-refractivity contribution in [2.24, 2.45) is 7.05 Å². The zero-order valence-corrected chi connectivity index (χ0v) is 22.8. The van der Waals surface area contributed by atoms with Crippen LogP contribution in [0.3, 0.4) is 0 Å². The molecular formula is C27H25ClN10O2. The smallest absolute Gasteiger partial charge is 0.356 e. The molecule has 0 radical (unpaired) electrons. The Kier molecular flexibility index (Phi) is 7.11. The summed E-state index contributed by atoms with van der Waals surface area (Å²) in [6.07, 6.45) is 1.83. The van der Waals surface area contributed by atoms with Gasteiger partial charge in [-0.15, -0.1) is 0 Å². The van der Waals surface area contributed by atoms with Gasteiger partial charge in [0, 0.05) is 45.0 Å². The first-order chi connectivity index (χ1) is 19.2. The molecule has 1 atom stereocenters. The van der Waals surface area contributed by atoms with Crippen LogP contribution in [0.25, 0.3) is 11.0 Å². The van der Waals surface area contributed by atoms with Crippen LogP contribution in [-0.4, -0.2) is 62.0 Å². The third-order valence-electron chi connectivity index (χ3n) is 6.77. The van der Waals surface area contributed by atoms with Crippen molar-refractivity contribution in [3.63, 3.8) is 0 Å². The van der Waals surface area contributed by atoms with E-state index in [2.05, 4.69) is 37.4 Å². The number of benzene rings is 1. The molecule has 1 aliphatic heterocycles. The zero-order valence-electron chi connectivity index (χ0n) is 22.1. The van der Waals surface area contributed by atoms with Crippen LogP contribution >= 0.6 is 11.6 Å². The number of carbonyl (C=O) groups is 1. The fourth-order valence-corrected chi connectivity index (χ4v) is 5.07. The van der Waals surface area contributed by atoms with E-state index in [1.807, 2.05) is 37.1 Å². The Morgan fingerprint density at radius 2 is 1.77 bits per heavy atom. The fraction of sp³-hybridized carbons (Fsp3) is 0.296. The number of hydrogen-bond donors (Lipinski definition) is 2. The SMILES string of the molecule is Cc1cc([C@@H](C)Nc2ccc(Cl)nc2C(=O)O)c2nc(N3CCN(c4cn(C)nc4C#N)CC3)c(C#N)nc2c1. The van der Waals surface area contributed by atoms with Crippen LogP contribution < -0.4 is 15.1 Å². The predicted molar refractivity (Wildman–Crippen MR) is 150 cm³/mol. The maximum absolute atomic E-state index is 11.8. The number of carboxylic acid groups (broad SMARTS) is 1. The van der Waals surface area contributed by atoms with Gasteiger partial charge in [-0.2, -0.15) is 15.6 Å². The minimum absolute atomic E-state index is 0.0867. The van der Waals surface area contributed by atoms with Crippen molar-refractivity contribution in [2.45, 2.75) is 19.9 Å². The van der Waals surface area contributed by atoms with Crippen molar-refractivity contribution >= 4 is 45.8 Å². The van der Waals surface area contributed by atoms with Crippen molar-refractivity contribution < 1.29 is 9.90 Å². The monoisotopic (exact) mass is 556 g/mol. The Morgan fingerprint density at radius 3 is 2.45 bits per heavy atom. The van der Waals surface area contributed by atoms with Crippen molar-refractivity contribution in [3.8, 4) is 12.1 Å². The van der Waals surface area contributed by atoms with E-state index in [-0.39, 0.29) is 22.6 Å². The molecule has 5 rings (SSSR count). The van der Waals surface area contributed by atoms with E-state index in [0.717, 1.165) is 16.8 Å². The lowest BCUT2D eigenvalue weighted by Crippen LogP contribution is -2.47. The standard InChI is InChI=1S/C27H25ClN10O2/c1-15-10-17(16(2)31-18-4-5-23(28)33-25(18)27(39)40)24-19(11-15)32-21(13-30)26(34-24)38-8-6-37(7-9-38)22-14-36(3)35-20(22)12-29/h4-5,10-11,14,16,31H,6-9H2,1-3H3,(H,39,40)/t16-/m1/s1. The molecule has 0 aliphatic carbocycles. The molecule has 0 spiro atoms. The second kappa shape index (κ2) is 10.7. The number of aromatic carboxylic acids is 1. The lowest BCUT2D eigenvalue weighted by atomic mass is 10.0. The second-order valence-corrected chi connectivity index (χ2v) is 9.94. The van der Waals surface area contributed by atoms with Gasteiger partial charge in [0.1, 0.15) is 17.3 Å². The topological polar surface area (TPSA) is 160 Å². The summed E-state index contributed by atoms with van der Waals surface area (Å²) in [5.41, 5.74) is 4.44. The Labute approximate surface area is 235 Å². The van der Waals surface area contributed by atoms with Gasteiger partial charge >= 0.3 is 5.97 Å². The number of carboxylic acids is 1. The van der Waals surface area contributed by atoms with E-state index in [4.69, 9.17) is 16.6 Å². The minimum Gasteiger partial charge on any atom is -0.476 e. The Balaban J connectivity index is 1.48. The van der Waals surface area contributed by atoms with Crippen molar-refractivity contribution in [3.05, 3.63) is 63.8 Å². The maximum Gasteiger partial charge on any atom is 0.356 e. The first kappa shape index (κ1) is 26.7. The number of hydrogen-bond acceptors (Lipinski definition) is 10. The number of fused-ring (bicyclic) bond motifs is 1. The van der Waals surface area contributed by atoms with Crippen LogP contribution in [0.15, 0.2) is 30.5 Å². The third-order valence-corrected chi connectivity index (χ3v) is 6.98. The number of rotatable bonds is 6. The summed E-state index contributed by atoms with van der Waals surface area (Å²) in [7, 11) is 1.78. The number of anilines is 3. The fourth-order valence-electron chi connectivity index (χ4n) is 4.92. The van der Waals surface area contributed by atoms with Crippen molar-refractivity contribution in [2.75, 3.05) is 41.3 Å². The molecule has 4 heterocycles. The molecule has 1 aromatic carbocycles. The molecule has 0 unspecified atom stereocenters. The third kappa shape index (κ3) is 5.05. The number of nitriles is 2. The number of aromatic nitrogens is 5. The molecule has 2 N–H and O–H groups in total. The van der Waals surface area contributed by atoms with Gasteiger partial charge in [0.05, 0.1) is 28.5 Å². The number of halogens is 1. The van der Waals surface area contributed by atoms with Gasteiger partial charge in [-0.05, 0) is 37.6 Å². The highest BCUT2D eigenvalue weighted by molar-refractivity contribution is 6.29. The molecule has 0 saturated carbocycles. The highest BCUT2D eigenvalue weighted by Gasteiger charge is 2.26. The summed E-state index contributed by atoms with van der Waals surface area (Å²) in [4.78, 5) is 29.4. The van der Waals surface area contributed by atoms with E-state index in [9.17, 15) is 20.4 Å². The summed E-state index contributed by atoms with van der Waals surface area (Å²) >= 11 is 5.92. The molecule has 12 nitrogen and oxygen atoms in total. The van der Waals surface area contributed by atoms with Gasteiger partial charge in [-0.25, -0.2) is 19.7 Å². The average molecular weight is 557 g/mol. The van der Waals surface area contributed by atoms with E-state index in [1.54, 1.807) is 17.8 Å². The minimum atomic E-state index is -1.20. The molecular weight excluding hydrogens is 532 g/mol. The summed E-state index contributed by atoms with van der Waals surface area (Å²) in [6.45, 7) is 6.20. The first-order valence-electron chi connectivity index (χ1n) is 12.5. The van der Waals surface area contributed by atoms with E-state index >= 15 is 0 Å². The summed E-state index contributed by atoms with van der Waals surface area (Å²) in [6, 6.07) is 10.9. The van der Waals surface area contributed by atoms with Crippen LogP contribution in [-0.2, 0) is 7.05 Å². The molecule has 3 aromatic heterocycles. The van der Waals surface area contributed by atoms with E-state index in [1.165, 1.54) is 6.07 Å². The molecule has 4 aromatic rings. The normalized spacial score (nSPS) is 14.1. The van der Waals surface area contributed by atoms with Crippen LogP contribution in [0, 0.1) is 29.6 Å². The number of aryl methyl sites for hydroxylation is 2. The molecule has 0 bridgehead atoms. The lowest BCUT2D eigenvalue weighted by Gasteiger charge is -2.36. The Morgan fingerprint density at radius 1 is 1.07 bits per heavy atom. The molecule has 1 fully saturated rings. The molecule has 0 amide bonds. The van der Waals surface area contributed by atoms with Gasteiger partial charge in [-0.1, -0.05) is 17.7 Å². The quantitative estimate of drug-likeness (QED) is 0.333. The van der Waals surface area contributed by atoms with Crippen molar-refractivity contribution in [1.82, 2.24) is 24.7 Å².